The molecule has 3 rings (SSSR count). The van der Waals surface area contributed by atoms with Gasteiger partial charge in [-0.05, 0) is 24.1 Å². The van der Waals surface area contributed by atoms with E-state index in [0.717, 1.165) is 5.56 Å². The summed E-state index contributed by atoms with van der Waals surface area (Å²) < 4.78 is 6.21. The van der Waals surface area contributed by atoms with E-state index < -0.39 is 5.91 Å². The molecule has 1 unspecified atom stereocenters. The number of carbonyl (C=O) groups is 2. The zero-order chi connectivity index (χ0) is 19.2. The second-order valence-corrected chi connectivity index (χ2v) is 7.78. The Kier molecular flexibility index (Phi) is 6.26. The lowest BCUT2D eigenvalue weighted by Gasteiger charge is -2.13. The molecule has 0 saturated carbocycles. The molecule has 0 saturated heterocycles. The van der Waals surface area contributed by atoms with Gasteiger partial charge in [0.1, 0.15) is 5.75 Å². The standard InChI is InChI=1S/C20H18N2O3S2/c1-13(11-14-7-3-2-4-8-14)19(24)25-16-10-6-5-9-15(16)18(23)22-20-21-12-17(26)27-20/h2-10,12-13,26H,11H2,1H3,(H,21,22,23). The average Bonchev–Trinajstić information content (AvgIpc) is 3.07. The molecule has 0 aliphatic heterocycles. The Hall–Kier alpha value is -2.64. The third-order valence-electron chi connectivity index (χ3n) is 3.84. The number of esters is 1. The number of thiol groups is 1. The molecule has 1 atom stereocenters. The second-order valence-electron chi connectivity index (χ2n) is 5.97. The summed E-state index contributed by atoms with van der Waals surface area (Å²) in [7, 11) is 0. The number of thiazole rings is 1. The smallest absolute Gasteiger partial charge is 0.314 e. The van der Waals surface area contributed by atoms with Crippen LogP contribution in [0, 0.1) is 5.92 Å². The summed E-state index contributed by atoms with van der Waals surface area (Å²) >= 11 is 5.43. The van der Waals surface area contributed by atoms with Crippen molar-refractivity contribution in [2.75, 3.05) is 5.32 Å². The number of nitrogens with zero attached hydrogens (tertiary/aromatic N) is 1. The molecule has 1 N–H and O–H groups in total. The van der Waals surface area contributed by atoms with Gasteiger partial charge in [0, 0.05) is 0 Å². The van der Waals surface area contributed by atoms with Crippen LogP contribution in [0.25, 0.3) is 0 Å². The van der Waals surface area contributed by atoms with Crippen LogP contribution in [0.4, 0.5) is 5.13 Å². The highest BCUT2D eigenvalue weighted by atomic mass is 32.2. The van der Waals surface area contributed by atoms with E-state index in [0.29, 0.717) is 15.8 Å². The van der Waals surface area contributed by atoms with Gasteiger partial charge in [0.25, 0.3) is 5.91 Å². The van der Waals surface area contributed by atoms with Gasteiger partial charge >= 0.3 is 5.97 Å². The van der Waals surface area contributed by atoms with Gasteiger partial charge < -0.3 is 4.74 Å². The van der Waals surface area contributed by atoms with Crippen molar-refractivity contribution < 1.29 is 14.3 Å². The number of hydrogen-bond donors (Lipinski definition) is 2. The lowest BCUT2D eigenvalue weighted by Crippen LogP contribution is -2.22. The maximum absolute atomic E-state index is 12.5. The lowest BCUT2D eigenvalue weighted by molar-refractivity contribution is -0.138. The van der Waals surface area contributed by atoms with Crippen LogP contribution in [-0.4, -0.2) is 16.9 Å². The zero-order valence-electron chi connectivity index (χ0n) is 14.6. The molecule has 0 radical (unpaired) electrons. The number of carbonyl (C=O) groups excluding carboxylic acids is 2. The molecule has 3 aromatic rings. The van der Waals surface area contributed by atoms with Crippen molar-refractivity contribution in [1.82, 2.24) is 4.98 Å². The molecular formula is C20H18N2O3S2. The van der Waals surface area contributed by atoms with Crippen molar-refractivity contribution in [3.05, 3.63) is 71.9 Å². The minimum Gasteiger partial charge on any atom is -0.425 e. The lowest BCUT2D eigenvalue weighted by atomic mass is 10.0. The first-order valence-corrected chi connectivity index (χ1v) is 9.60. The van der Waals surface area contributed by atoms with Crippen LogP contribution < -0.4 is 10.1 Å². The van der Waals surface area contributed by atoms with E-state index in [9.17, 15) is 9.59 Å². The summed E-state index contributed by atoms with van der Waals surface area (Å²) in [5.74, 6) is -0.889. The fourth-order valence-corrected chi connectivity index (χ4v) is 3.36. The highest BCUT2D eigenvalue weighted by molar-refractivity contribution is 7.83. The van der Waals surface area contributed by atoms with Crippen molar-refractivity contribution in [2.45, 2.75) is 17.6 Å². The van der Waals surface area contributed by atoms with Crippen LogP contribution in [0.2, 0.25) is 0 Å². The first-order valence-electron chi connectivity index (χ1n) is 8.33. The summed E-state index contributed by atoms with van der Waals surface area (Å²) in [5, 5.41) is 3.12. The van der Waals surface area contributed by atoms with Gasteiger partial charge in [0.2, 0.25) is 0 Å². The molecular weight excluding hydrogens is 380 g/mol. The van der Waals surface area contributed by atoms with Crippen LogP contribution >= 0.6 is 24.0 Å². The Labute approximate surface area is 166 Å². The van der Waals surface area contributed by atoms with Gasteiger partial charge in [-0.25, -0.2) is 4.98 Å². The number of nitrogens with one attached hydrogen (secondary N) is 1. The van der Waals surface area contributed by atoms with Crippen LogP contribution in [0.1, 0.15) is 22.8 Å². The number of ether oxygens (including phenoxy) is 1. The average molecular weight is 399 g/mol. The SMILES string of the molecule is CC(Cc1ccccc1)C(=O)Oc1ccccc1C(=O)Nc1ncc(S)s1. The number of amides is 1. The largest absolute Gasteiger partial charge is 0.425 e. The fraction of sp³-hybridized carbons (Fsp3) is 0.150. The first-order chi connectivity index (χ1) is 13.0. The summed E-state index contributed by atoms with van der Waals surface area (Å²) in [6, 6.07) is 16.4. The fourth-order valence-electron chi connectivity index (χ4n) is 2.49. The highest BCUT2D eigenvalue weighted by Gasteiger charge is 2.20. The minimum atomic E-state index is -0.392. The molecule has 2 aromatic carbocycles. The second kappa shape index (κ2) is 8.83. The molecule has 0 spiro atoms. The molecule has 138 valence electrons. The Morgan fingerprint density at radius 1 is 1.15 bits per heavy atom. The normalized spacial score (nSPS) is 11.6. The van der Waals surface area contributed by atoms with Gasteiger partial charge in [-0.15, -0.1) is 12.6 Å². The third kappa shape index (κ3) is 5.18. The first kappa shape index (κ1) is 19.1. The van der Waals surface area contributed by atoms with Gasteiger partial charge in [-0.3, -0.25) is 14.9 Å². The van der Waals surface area contributed by atoms with E-state index in [4.69, 9.17) is 4.74 Å². The van der Waals surface area contributed by atoms with Crippen LogP contribution in [-0.2, 0) is 11.2 Å². The summed E-state index contributed by atoms with van der Waals surface area (Å²) in [6.07, 6.45) is 2.12. The van der Waals surface area contributed by atoms with Gasteiger partial charge in [0.05, 0.1) is 21.9 Å². The van der Waals surface area contributed by atoms with E-state index in [1.807, 2.05) is 37.3 Å². The molecule has 1 amide bonds. The molecule has 0 aliphatic rings. The van der Waals surface area contributed by atoms with E-state index >= 15 is 0 Å². The van der Waals surface area contributed by atoms with Crippen molar-refractivity contribution in [3.8, 4) is 5.75 Å². The van der Waals surface area contributed by atoms with Crippen molar-refractivity contribution in [3.63, 3.8) is 0 Å². The predicted octanol–water partition coefficient (Wildman–Crippen LogP) is 4.47. The van der Waals surface area contributed by atoms with Crippen LogP contribution in [0.5, 0.6) is 5.75 Å². The molecule has 1 aromatic heterocycles. The van der Waals surface area contributed by atoms with Crippen molar-refractivity contribution in [1.29, 1.82) is 0 Å². The molecule has 27 heavy (non-hydrogen) atoms. The summed E-state index contributed by atoms with van der Waals surface area (Å²) in [6.45, 7) is 1.81. The van der Waals surface area contributed by atoms with Crippen molar-refractivity contribution >= 4 is 41.0 Å². The Morgan fingerprint density at radius 2 is 1.85 bits per heavy atom. The Balaban J connectivity index is 1.69. The highest BCUT2D eigenvalue weighted by Crippen LogP contribution is 2.24. The maximum Gasteiger partial charge on any atom is 0.314 e. The minimum absolute atomic E-state index is 0.225. The molecule has 7 heteroatoms. The number of anilines is 1. The zero-order valence-corrected chi connectivity index (χ0v) is 16.3. The number of benzene rings is 2. The number of para-hydroxylation sites is 1. The monoisotopic (exact) mass is 398 g/mol. The van der Waals surface area contributed by atoms with Crippen LogP contribution in [0.15, 0.2) is 65.0 Å². The predicted molar refractivity (Wildman–Crippen MR) is 109 cm³/mol. The Bertz CT molecular complexity index is 941. The van der Waals surface area contributed by atoms with Crippen molar-refractivity contribution in [2.24, 2.45) is 5.92 Å². The molecule has 0 fully saturated rings. The quantitative estimate of drug-likeness (QED) is 0.365. The number of rotatable bonds is 6. The van der Waals surface area contributed by atoms with E-state index in [2.05, 4.69) is 22.9 Å². The topological polar surface area (TPSA) is 68.3 Å². The van der Waals surface area contributed by atoms with Gasteiger partial charge in [-0.1, -0.05) is 60.7 Å². The molecule has 5 nitrogen and oxygen atoms in total. The third-order valence-corrected chi connectivity index (χ3v) is 4.95. The Morgan fingerprint density at radius 3 is 2.56 bits per heavy atom. The van der Waals surface area contributed by atoms with Crippen LogP contribution in [0.3, 0.4) is 0 Å². The molecule has 0 bridgehead atoms. The maximum atomic E-state index is 12.5. The molecule has 0 aliphatic carbocycles. The van der Waals surface area contributed by atoms with E-state index in [1.165, 1.54) is 11.3 Å². The number of aromatic nitrogens is 1. The van der Waals surface area contributed by atoms with E-state index in [1.54, 1.807) is 30.5 Å². The number of hydrogen-bond acceptors (Lipinski definition) is 6. The summed E-state index contributed by atoms with van der Waals surface area (Å²) in [5.41, 5.74) is 1.33. The van der Waals surface area contributed by atoms with Gasteiger partial charge in [-0.2, -0.15) is 0 Å². The van der Waals surface area contributed by atoms with Gasteiger partial charge in [0.15, 0.2) is 5.13 Å². The molecule has 1 heterocycles. The van der Waals surface area contributed by atoms with E-state index in [-0.39, 0.29) is 23.2 Å². The summed E-state index contributed by atoms with van der Waals surface area (Å²) in [4.78, 5) is 29.1.